The van der Waals surface area contributed by atoms with Gasteiger partial charge >= 0.3 is 0 Å². The largest absolute Gasteiger partial charge is 0.256 e. The highest BCUT2D eigenvalue weighted by atomic mass is 14.6. The summed E-state index contributed by atoms with van der Waals surface area (Å²) in [5.74, 6) is 0. The molecule has 0 amide bonds. The lowest BCUT2D eigenvalue weighted by Gasteiger charge is -2.01. The Morgan fingerprint density at radius 1 is 0.929 bits per heavy atom. The minimum atomic E-state index is 0.539. The molecular weight excluding hydrogens is 170 g/mol. The topological polar surface area (TPSA) is 12.9 Å². The first kappa shape index (κ1) is 6.55. The monoisotopic (exact) mass is 180 g/mol. The molecule has 0 radical (unpaired) electrons. The Morgan fingerprint density at radius 2 is 1.79 bits per heavy atom. The minimum absolute atomic E-state index is 0.539. The van der Waals surface area contributed by atoms with E-state index in [9.17, 15) is 0 Å². The van der Waals surface area contributed by atoms with Crippen molar-refractivity contribution in [2.24, 2.45) is 0 Å². The van der Waals surface area contributed by atoms with Gasteiger partial charge in [-0.3, -0.25) is 4.98 Å². The van der Waals surface area contributed by atoms with Gasteiger partial charge in [-0.25, -0.2) is 0 Å². The third-order valence-corrected chi connectivity index (χ3v) is 2.41. The van der Waals surface area contributed by atoms with Gasteiger partial charge in [-0.2, -0.15) is 0 Å². The second-order valence-corrected chi connectivity index (χ2v) is 3.28. The predicted octanol–water partition coefficient (Wildman–Crippen LogP) is 3.39. The van der Waals surface area contributed by atoms with Gasteiger partial charge in [0.25, 0.3) is 0 Å². The number of benzene rings is 2. The number of rotatable bonds is 0. The lowest BCUT2D eigenvalue weighted by Crippen LogP contribution is -1.79. The number of aromatic nitrogens is 1. The zero-order valence-electron chi connectivity index (χ0n) is 8.57. The van der Waals surface area contributed by atoms with E-state index in [4.69, 9.17) is 1.37 Å². The SMILES string of the molecule is [2H]c1cccc2ccc3cccnc3c12. The van der Waals surface area contributed by atoms with Gasteiger partial charge in [0.1, 0.15) is 0 Å². The molecule has 1 heterocycles. The Balaban J connectivity index is 2.64. The van der Waals surface area contributed by atoms with E-state index in [1.165, 1.54) is 0 Å². The summed E-state index contributed by atoms with van der Waals surface area (Å²) in [6.07, 6.45) is 1.77. The standard InChI is InChI=1S/C13H9N/c1-2-6-12-10(4-1)7-8-11-5-3-9-14-13(11)12/h1-9H/i6D. The maximum absolute atomic E-state index is 7.91. The van der Waals surface area contributed by atoms with Crippen LogP contribution < -0.4 is 0 Å². The highest BCUT2D eigenvalue weighted by Crippen LogP contribution is 2.22. The van der Waals surface area contributed by atoms with Crippen LogP contribution in [-0.2, 0) is 0 Å². The molecule has 66 valence electrons. The molecule has 0 aliphatic carbocycles. The van der Waals surface area contributed by atoms with Gasteiger partial charge in [-0.1, -0.05) is 42.4 Å². The fraction of sp³-hybridized carbons (Fsp3) is 0. The molecule has 1 nitrogen and oxygen atoms in total. The van der Waals surface area contributed by atoms with Gasteiger partial charge in [0.2, 0.25) is 0 Å². The second kappa shape index (κ2) is 2.81. The first-order valence-electron chi connectivity index (χ1n) is 5.09. The molecule has 0 spiro atoms. The van der Waals surface area contributed by atoms with Crippen LogP contribution in [0.5, 0.6) is 0 Å². The summed E-state index contributed by atoms with van der Waals surface area (Å²) < 4.78 is 7.91. The smallest absolute Gasteiger partial charge is 0.0780 e. The number of fused-ring (bicyclic) bond motifs is 3. The van der Waals surface area contributed by atoms with Crippen molar-refractivity contribution in [3.63, 3.8) is 0 Å². The summed E-state index contributed by atoms with van der Waals surface area (Å²) >= 11 is 0. The van der Waals surface area contributed by atoms with Crippen LogP contribution in [0.2, 0.25) is 0 Å². The molecule has 0 fully saturated rings. The van der Waals surface area contributed by atoms with Crippen LogP contribution in [0.4, 0.5) is 0 Å². The molecule has 0 aliphatic rings. The van der Waals surface area contributed by atoms with E-state index in [2.05, 4.69) is 4.98 Å². The molecule has 0 N–H and O–H groups in total. The molecule has 0 saturated carbocycles. The number of hydrogen-bond acceptors (Lipinski definition) is 1. The highest BCUT2D eigenvalue weighted by Gasteiger charge is 1.98. The second-order valence-electron chi connectivity index (χ2n) is 3.28. The van der Waals surface area contributed by atoms with E-state index in [1.807, 2.05) is 36.4 Å². The van der Waals surface area contributed by atoms with Crippen LogP contribution in [0.25, 0.3) is 21.7 Å². The van der Waals surface area contributed by atoms with Crippen molar-refractivity contribution >= 4 is 21.7 Å². The molecular formula is C13H9N. The zero-order chi connectivity index (χ0) is 10.3. The average molecular weight is 180 g/mol. The fourth-order valence-electron chi connectivity index (χ4n) is 1.73. The molecule has 14 heavy (non-hydrogen) atoms. The molecule has 1 aromatic heterocycles. The van der Waals surface area contributed by atoms with Crippen molar-refractivity contribution in [2.45, 2.75) is 0 Å². The predicted molar refractivity (Wildman–Crippen MR) is 59.2 cm³/mol. The molecule has 0 bridgehead atoms. The molecule has 3 rings (SSSR count). The Hall–Kier alpha value is -1.89. The minimum Gasteiger partial charge on any atom is -0.256 e. The van der Waals surface area contributed by atoms with E-state index < -0.39 is 0 Å². The Morgan fingerprint density at radius 3 is 2.79 bits per heavy atom. The van der Waals surface area contributed by atoms with Crippen molar-refractivity contribution in [1.82, 2.24) is 4.98 Å². The average Bonchev–Trinajstić information content (AvgIpc) is 2.29. The summed E-state index contributed by atoms with van der Waals surface area (Å²) in [7, 11) is 0. The van der Waals surface area contributed by atoms with Crippen LogP contribution in [0.3, 0.4) is 0 Å². The molecule has 0 saturated heterocycles. The summed E-state index contributed by atoms with van der Waals surface area (Å²) in [6, 6.07) is 14.3. The highest BCUT2D eigenvalue weighted by molar-refractivity contribution is 6.04. The lowest BCUT2D eigenvalue weighted by molar-refractivity contribution is 1.43. The van der Waals surface area contributed by atoms with Crippen molar-refractivity contribution < 1.29 is 1.37 Å². The quantitative estimate of drug-likeness (QED) is 0.483. The molecule has 1 heteroatoms. The van der Waals surface area contributed by atoms with Crippen LogP contribution in [0.15, 0.2) is 54.7 Å². The maximum atomic E-state index is 7.91. The summed E-state index contributed by atoms with van der Waals surface area (Å²) in [5.41, 5.74) is 0.917. The Labute approximate surface area is 83.4 Å². The third-order valence-electron chi connectivity index (χ3n) is 2.41. The number of hydrogen-bond donors (Lipinski definition) is 0. The van der Waals surface area contributed by atoms with Gasteiger partial charge in [-0.15, -0.1) is 0 Å². The third kappa shape index (κ3) is 0.990. The van der Waals surface area contributed by atoms with Crippen LogP contribution in [0.1, 0.15) is 1.37 Å². The first-order chi connectivity index (χ1) is 7.36. The summed E-state index contributed by atoms with van der Waals surface area (Å²) in [4.78, 5) is 4.35. The van der Waals surface area contributed by atoms with Crippen LogP contribution >= 0.6 is 0 Å². The zero-order valence-corrected chi connectivity index (χ0v) is 7.57. The van der Waals surface area contributed by atoms with Crippen LogP contribution in [0, 0.1) is 0 Å². The van der Waals surface area contributed by atoms with E-state index in [0.29, 0.717) is 6.04 Å². The van der Waals surface area contributed by atoms with E-state index in [-0.39, 0.29) is 0 Å². The molecule has 0 unspecified atom stereocenters. The van der Waals surface area contributed by atoms with Gasteiger partial charge < -0.3 is 0 Å². The van der Waals surface area contributed by atoms with Gasteiger partial charge in [0.15, 0.2) is 0 Å². The van der Waals surface area contributed by atoms with E-state index in [1.54, 1.807) is 12.3 Å². The summed E-state index contributed by atoms with van der Waals surface area (Å²) in [6.45, 7) is 0. The van der Waals surface area contributed by atoms with Crippen LogP contribution in [-0.4, -0.2) is 4.98 Å². The van der Waals surface area contributed by atoms with Crippen molar-refractivity contribution in [3.05, 3.63) is 54.7 Å². The molecule has 0 aliphatic heterocycles. The summed E-state index contributed by atoms with van der Waals surface area (Å²) in [5, 5.41) is 3.11. The maximum Gasteiger partial charge on any atom is 0.0780 e. The van der Waals surface area contributed by atoms with Gasteiger partial charge in [0.05, 0.1) is 6.89 Å². The van der Waals surface area contributed by atoms with Gasteiger partial charge in [0, 0.05) is 17.0 Å². The lowest BCUT2D eigenvalue weighted by atomic mass is 10.1. The number of nitrogens with zero attached hydrogens (tertiary/aromatic N) is 1. The Kier molecular flexibility index (Phi) is 1.31. The van der Waals surface area contributed by atoms with Crippen molar-refractivity contribution in [1.29, 1.82) is 0 Å². The van der Waals surface area contributed by atoms with Gasteiger partial charge in [-0.05, 0) is 11.5 Å². The van der Waals surface area contributed by atoms with E-state index in [0.717, 1.165) is 21.7 Å². The first-order valence-corrected chi connectivity index (χ1v) is 4.59. The molecule has 0 atom stereocenters. The Bertz CT molecular complexity index is 646. The van der Waals surface area contributed by atoms with Crippen molar-refractivity contribution in [2.75, 3.05) is 0 Å². The normalized spacial score (nSPS) is 11.9. The van der Waals surface area contributed by atoms with Crippen molar-refractivity contribution in [3.8, 4) is 0 Å². The van der Waals surface area contributed by atoms with E-state index >= 15 is 0 Å². The molecule has 2 aromatic carbocycles. The fourth-order valence-corrected chi connectivity index (χ4v) is 1.73. The number of pyridine rings is 1. The molecule has 3 aromatic rings.